The van der Waals surface area contributed by atoms with Gasteiger partial charge >= 0.3 is 5.97 Å². The van der Waals surface area contributed by atoms with Crippen LogP contribution < -0.4 is 11.1 Å². The highest BCUT2D eigenvalue weighted by Gasteiger charge is 2.14. The number of carboxylic acid groups (broad SMARTS) is 1. The minimum atomic E-state index is -1.04. The zero-order chi connectivity index (χ0) is 13.5. The summed E-state index contributed by atoms with van der Waals surface area (Å²) < 4.78 is 0. The van der Waals surface area contributed by atoms with Crippen molar-refractivity contribution in [2.24, 2.45) is 5.73 Å². The maximum Gasteiger partial charge on any atom is 0.338 e. The van der Waals surface area contributed by atoms with Gasteiger partial charge in [0.2, 0.25) is 5.91 Å². The number of carboxylic acids is 1. The number of unbranched alkanes of at least 4 members (excludes halogenated alkanes) is 1. The van der Waals surface area contributed by atoms with Crippen molar-refractivity contribution >= 4 is 17.6 Å². The van der Waals surface area contributed by atoms with Crippen LogP contribution in [-0.4, -0.2) is 23.5 Å². The van der Waals surface area contributed by atoms with Crippen LogP contribution in [0, 0.1) is 6.92 Å². The number of hydrogen-bond donors (Lipinski definition) is 3. The summed E-state index contributed by atoms with van der Waals surface area (Å²) >= 11 is 0. The van der Waals surface area contributed by atoms with E-state index in [0.717, 1.165) is 6.42 Å². The molecule has 0 saturated heterocycles. The first kappa shape index (κ1) is 14.2. The van der Waals surface area contributed by atoms with Gasteiger partial charge in [0.1, 0.15) is 0 Å². The molecule has 1 amide bonds. The molecule has 0 aliphatic carbocycles. The van der Waals surface area contributed by atoms with Gasteiger partial charge in [-0.2, -0.15) is 0 Å². The van der Waals surface area contributed by atoms with Gasteiger partial charge in [0.15, 0.2) is 0 Å². The minimum Gasteiger partial charge on any atom is -0.478 e. The standard InChI is InChI=1S/C13H18N2O3/c1-9-5-4-6-10(12(9)13(17)18)15-11(16)7-2-3-8-14/h4-6H,2-3,7-8,14H2,1H3,(H,15,16)(H,17,18). The third kappa shape index (κ3) is 3.85. The Morgan fingerprint density at radius 2 is 2.06 bits per heavy atom. The van der Waals surface area contributed by atoms with Gasteiger partial charge in [0.25, 0.3) is 0 Å². The van der Waals surface area contributed by atoms with Gasteiger partial charge in [0, 0.05) is 6.42 Å². The van der Waals surface area contributed by atoms with Crippen molar-refractivity contribution < 1.29 is 14.7 Å². The summed E-state index contributed by atoms with van der Waals surface area (Å²) in [5.41, 5.74) is 6.46. The molecule has 0 heterocycles. The van der Waals surface area contributed by atoms with E-state index in [4.69, 9.17) is 10.8 Å². The molecule has 4 N–H and O–H groups in total. The van der Waals surface area contributed by atoms with E-state index < -0.39 is 5.97 Å². The van der Waals surface area contributed by atoms with Gasteiger partial charge in [-0.05, 0) is 37.9 Å². The smallest absolute Gasteiger partial charge is 0.338 e. The Morgan fingerprint density at radius 3 is 2.67 bits per heavy atom. The molecule has 98 valence electrons. The number of hydrogen-bond acceptors (Lipinski definition) is 3. The SMILES string of the molecule is Cc1cccc(NC(=O)CCCCN)c1C(=O)O. The molecule has 18 heavy (non-hydrogen) atoms. The maximum absolute atomic E-state index is 11.6. The highest BCUT2D eigenvalue weighted by molar-refractivity contribution is 6.01. The van der Waals surface area contributed by atoms with Crippen molar-refractivity contribution in [1.82, 2.24) is 0 Å². The van der Waals surface area contributed by atoms with Crippen molar-refractivity contribution in [3.63, 3.8) is 0 Å². The van der Waals surface area contributed by atoms with E-state index in [1.165, 1.54) is 0 Å². The van der Waals surface area contributed by atoms with E-state index >= 15 is 0 Å². The lowest BCUT2D eigenvalue weighted by molar-refractivity contribution is -0.116. The van der Waals surface area contributed by atoms with E-state index in [2.05, 4.69) is 5.32 Å². The molecule has 0 fully saturated rings. The molecule has 0 atom stereocenters. The third-order valence-corrected chi connectivity index (χ3v) is 2.62. The van der Waals surface area contributed by atoms with Gasteiger partial charge in [-0.1, -0.05) is 12.1 Å². The van der Waals surface area contributed by atoms with Crippen LogP contribution in [0.15, 0.2) is 18.2 Å². The molecule has 0 aliphatic rings. The highest BCUT2D eigenvalue weighted by Crippen LogP contribution is 2.19. The van der Waals surface area contributed by atoms with E-state index in [0.29, 0.717) is 30.6 Å². The molecule has 0 bridgehead atoms. The Kier molecular flexibility index (Phi) is 5.32. The lowest BCUT2D eigenvalue weighted by Crippen LogP contribution is -2.15. The van der Waals surface area contributed by atoms with Gasteiger partial charge < -0.3 is 16.2 Å². The Labute approximate surface area is 106 Å². The van der Waals surface area contributed by atoms with Crippen molar-refractivity contribution in [2.75, 3.05) is 11.9 Å². The molecule has 5 nitrogen and oxygen atoms in total. The first-order chi connectivity index (χ1) is 8.56. The fraction of sp³-hybridized carbons (Fsp3) is 0.385. The number of aryl methyl sites for hydroxylation is 1. The monoisotopic (exact) mass is 250 g/mol. The van der Waals surface area contributed by atoms with Crippen LogP contribution in [0.4, 0.5) is 5.69 Å². The van der Waals surface area contributed by atoms with Crippen molar-refractivity contribution in [1.29, 1.82) is 0 Å². The lowest BCUT2D eigenvalue weighted by atomic mass is 10.1. The molecular weight excluding hydrogens is 232 g/mol. The molecule has 5 heteroatoms. The molecule has 0 aromatic heterocycles. The molecular formula is C13H18N2O3. The van der Waals surface area contributed by atoms with Gasteiger partial charge in [-0.15, -0.1) is 0 Å². The Balaban J connectivity index is 2.75. The zero-order valence-electron chi connectivity index (χ0n) is 10.4. The van der Waals surface area contributed by atoms with Crippen LogP contribution >= 0.6 is 0 Å². The number of carbonyl (C=O) groups is 2. The van der Waals surface area contributed by atoms with Gasteiger partial charge in [0.05, 0.1) is 11.3 Å². The number of aromatic carboxylic acids is 1. The van der Waals surface area contributed by atoms with Gasteiger partial charge in [-0.25, -0.2) is 4.79 Å². The summed E-state index contributed by atoms with van der Waals surface area (Å²) in [7, 11) is 0. The number of amides is 1. The number of nitrogens with one attached hydrogen (secondary N) is 1. The summed E-state index contributed by atoms with van der Waals surface area (Å²) in [5, 5.41) is 11.7. The molecule has 1 aromatic rings. The molecule has 0 radical (unpaired) electrons. The second-order valence-corrected chi connectivity index (χ2v) is 4.10. The van der Waals surface area contributed by atoms with Crippen LogP contribution in [0.3, 0.4) is 0 Å². The van der Waals surface area contributed by atoms with Crippen LogP contribution in [0.25, 0.3) is 0 Å². The maximum atomic E-state index is 11.6. The predicted molar refractivity (Wildman–Crippen MR) is 69.7 cm³/mol. The average Bonchev–Trinajstić information content (AvgIpc) is 2.28. The molecule has 0 spiro atoms. The molecule has 1 aromatic carbocycles. The molecule has 1 rings (SSSR count). The van der Waals surface area contributed by atoms with E-state index in [1.54, 1.807) is 25.1 Å². The summed E-state index contributed by atoms with van der Waals surface area (Å²) in [6, 6.07) is 5.02. The minimum absolute atomic E-state index is 0.143. The number of carbonyl (C=O) groups excluding carboxylic acids is 1. The van der Waals surface area contributed by atoms with Crippen molar-refractivity contribution in [2.45, 2.75) is 26.2 Å². The van der Waals surface area contributed by atoms with Gasteiger partial charge in [-0.3, -0.25) is 4.79 Å². The number of nitrogens with two attached hydrogens (primary N) is 1. The van der Waals surface area contributed by atoms with Crippen LogP contribution in [0.2, 0.25) is 0 Å². The Hall–Kier alpha value is -1.88. The van der Waals surface area contributed by atoms with Crippen molar-refractivity contribution in [3.05, 3.63) is 29.3 Å². The fourth-order valence-corrected chi connectivity index (χ4v) is 1.70. The van der Waals surface area contributed by atoms with Crippen LogP contribution in [-0.2, 0) is 4.79 Å². The second-order valence-electron chi connectivity index (χ2n) is 4.10. The van der Waals surface area contributed by atoms with E-state index in [9.17, 15) is 9.59 Å². The van der Waals surface area contributed by atoms with E-state index in [1.807, 2.05) is 0 Å². The van der Waals surface area contributed by atoms with Crippen LogP contribution in [0.5, 0.6) is 0 Å². The summed E-state index contributed by atoms with van der Waals surface area (Å²) in [6.45, 7) is 2.26. The lowest BCUT2D eigenvalue weighted by Gasteiger charge is -2.10. The highest BCUT2D eigenvalue weighted by atomic mass is 16.4. The normalized spacial score (nSPS) is 10.1. The topological polar surface area (TPSA) is 92.4 Å². The molecule has 0 aliphatic heterocycles. The summed E-state index contributed by atoms with van der Waals surface area (Å²) in [5.74, 6) is -1.22. The molecule has 0 unspecified atom stereocenters. The second kappa shape index (κ2) is 6.76. The summed E-state index contributed by atoms with van der Waals surface area (Å²) in [6.07, 6.45) is 1.84. The number of benzene rings is 1. The summed E-state index contributed by atoms with van der Waals surface area (Å²) in [4.78, 5) is 22.7. The Bertz CT molecular complexity index is 444. The van der Waals surface area contributed by atoms with Crippen molar-refractivity contribution in [3.8, 4) is 0 Å². The number of anilines is 1. The zero-order valence-corrected chi connectivity index (χ0v) is 10.4. The quantitative estimate of drug-likeness (QED) is 0.671. The first-order valence-electron chi connectivity index (χ1n) is 5.89. The largest absolute Gasteiger partial charge is 0.478 e. The predicted octanol–water partition coefficient (Wildman–Crippen LogP) is 1.76. The first-order valence-corrected chi connectivity index (χ1v) is 5.89. The fourth-order valence-electron chi connectivity index (χ4n) is 1.70. The molecule has 0 saturated carbocycles. The number of rotatable bonds is 6. The average molecular weight is 250 g/mol. The third-order valence-electron chi connectivity index (χ3n) is 2.62. The van der Waals surface area contributed by atoms with Crippen LogP contribution in [0.1, 0.15) is 35.2 Å². The Morgan fingerprint density at radius 1 is 1.33 bits per heavy atom. The van der Waals surface area contributed by atoms with E-state index in [-0.39, 0.29) is 11.5 Å².